The average Bonchev–Trinajstić information content (AvgIpc) is 2.48. The summed E-state index contributed by atoms with van der Waals surface area (Å²) in [6, 6.07) is 8.17. The van der Waals surface area contributed by atoms with Gasteiger partial charge >= 0.3 is 0 Å². The van der Waals surface area contributed by atoms with Crippen LogP contribution in [0.3, 0.4) is 0 Å². The number of nitrogens with one attached hydrogen (secondary N) is 1. The molecule has 3 N–H and O–H groups in total. The van der Waals surface area contributed by atoms with Crippen LogP contribution in [0.5, 0.6) is 0 Å². The lowest BCUT2D eigenvalue weighted by molar-refractivity contribution is 0.269. The van der Waals surface area contributed by atoms with Crippen LogP contribution in [-0.4, -0.2) is 11.5 Å². The fourth-order valence-corrected chi connectivity index (χ4v) is 3.28. The zero-order valence-electron chi connectivity index (χ0n) is 12.1. The number of benzene rings is 1. The van der Waals surface area contributed by atoms with Crippen molar-refractivity contribution in [3.05, 3.63) is 30.5 Å². The largest absolute Gasteiger partial charge is 0.396 e. The van der Waals surface area contributed by atoms with E-state index in [9.17, 15) is 0 Å². The number of hydrogen-bond acceptors (Lipinski definition) is 3. The number of fused-ring (bicyclic) bond motifs is 1. The van der Waals surface area contributed by atoms with Gasteiger partial charge in [-0.25, -0.2) is 0 Å². The van der Waals surface area contributed by atoms with Crippen LogP contribution in [0.4, 0.5) is 11.4 Å². The molecule has 0 spiro atoms. The quantitative estimate of drug-likeness (QED) is 0.883. The molecule has 3 heteroatoms. The van der Waals surface area contributed by atoms with E-state index in [2.05, 4.69) is 23.3 Å². The number of anilines is 2. The first-order valence-corrected chi connectivity index (χ1v) is 7.63. The maximum atomic E-state index is 6.11. The fourth-order valence-electron chi connectivity index (χ4n) is 3.28. The molecule has 1 fully saturated rings. The minimum Gasteiger partial charge on any atom is -0.396 e. The second-order valence-electron chi connectivity index (χ2n) is 6.01. The summed E-state index contributed by atoms with van der Waals surface area (Å²) >= 11 is 0. The molecule has 0 radical (unpaired) electrons. The second kappa shape index (κ2) is 5.70. The number of nitrogens with two attached hydrogens (primary N) is 1. The maximum Gasteiger partial charge on any atom is 0.0743 e. The lowest BCUT2D eigenvalue weighted by Gasteiger charge is -2.29. The van der Waals surface area contributed by atoms with Crippen LogP contribution < -0.4 is 11.1 Å². The molecule has 1 aromatic heterocycles. The second-order valence-corrected chi connectivity index (χ2v) is 6.01. The SMILES string of the molecule is CC1CCCCC1CNc1c(N)cnc2ccccc12. The average molecular weight is 269 g/mol. The van der Waals surface area contributed by atoms with Gasteiger partial charge in [0.1, 0.15) is 0 Å². The van der Waals surface area contributed by atoms with Gasteiger partial charge in [-0.3, -0.25) is 4.98 Å². The molecule has 0 aliphatic heterocycles. The molecule has 2 aromatic rings. The van der Waals surface area contributed by atoms with Gasteiger partial charge in [-0.2, -0.15) is 0 Å². The Hall–Kier alpha value is -1.77. The normalized spacial score (nSPS) is 22.9. The van der Waals surface area contributed by atoms with Crippen molar-refractivity contribution in [3.8, 4) is 0 Å². The summed E-state index contributed by atoms with van der Waals surface area (Å²) in [5.41, 5.74) is 8.90. The van der Waals surface area contributed by atoms with Crippen molar-refractivity contribution < 1.29 is 0 Å². The summed E-state index contributed by atoms with van der Waals surface area (Å²) in [7, 11) is 0. The van der Waals surface area contributed by atoms with E-state index in [4.69, 9.17) is 5.73 Å². The van der Waals surface area contributed by atoms with E-state index in [-0.39, 0.29) is 0 Å². The Morgan fingerprint density at radius 3 is 2.90 bits per heavy atom. The zero-order chi connectivity index (χ0) is 13.9. The number of para-hydroxylation sites is 1. The molecule has 0 saturated heterocycles. The van der Waals surface area contributed by atoms with E-state index in [0.29, 0.717) is 0 Å². The van der Waals surface area contributed by atoms with Gasteiger partial charge in [0.25, 0.3) is 0 Å². The van der Waals surface area contributed by atoms with Crippen molar-refractivity contribution in [2.75, 3.05) is 17.6 Å². The van der Waals surface area contributed by atoms with E-state index in [1.165, 1.54) is 25.7 Å². The number of pyridine rings is 1. The first-order chi connectivity index (χ1) is 9.75. The van der Waals surface area contributed by atoms with Crippen LogP contribution in [0.2, 0.25) is 0 Å². The summed E-state index contributed by atoms with van der Waals surface area (Å²) in [5.74, 6) is 1.57. The molecule has 2 atom stereocenters. The van der Waals surface area contributed by atoms with Crippen molar-refractivity contribution in [3.63, 3.8) is 0 Å². The van der Waals surface area contributed by atoms with Crippen molar-refractivity contribution in [1.82, 2.24) is 4.98 Å². The van der Waals surface area contributed by atoms with Gasteiger partial charge in [0.2, 0.25) is 0 Å². The third-order valence-corrected chi connectivity index (χ3v) is 4.63. The van der Waals surface area contributed by atoms with E-state index in [0.717, 1.165) is 40.7 Å². The Labute approximate surface area is 120 Å². The molecule has 1 saturated carbocycles. The third-order valence-electron chi connectivity index (χ3n) is 4.63. The van der Waals surface area contributed by atoms with E-state index < -0.39 is 0 Å². The van der Waals surface area contributed by atoms with E-state index >= 15 is 0 Å². The van der Waals surface area contributed by atoms with Crippen molar-refractivity contribution >= 4 is 22.3 Å². The summed E-state index contributed by atoms with van der Waals surface area (Å²) in [4.78, 5) is 4.39. The zero-order valence-corrected chi connectivity index (χ0v) is 12.1. The lowest BCUT2D eigenvalue weighted by Crippen LogP contribution is -2.24. The highest BCUT2D eigenvalue weighted by Crippen LogP contribution is 2.32. The van der Waals surface area contributed by atoms with Crippen molar-refractivity contribution in [1.29, 1.82) is 0 Å². The first-order valence-electron chi connectivity index (χ1n) is 7.63. The predicted molar refractivity (Wildman–Crippen MR) is 85.8 cm³/mol. The van der Waals surface area contributed by atoms with E-state index in [1.54, 1.807) is 6.20 Å². The highest BCUT2D eigenvalue weighted by atomic mass is 14.9. The van der Waals surface area contributed by atoms with Gasteiger partial charge in [-0.15, -0.1) is 0 Å². The van der Waals surface area contributed by atoms with Gasteiger partial charge in [0.05, 0.1) is 23.1 Å². The van der Waals surface area contributed by atoms with Crippen LogP contribution in [0.15, 0.2) is 30.5 Å². The standard InChI is InChI=1S/C17H23N3/c1-12-6-2-3-7-13(12)10-20-17-14-8-4-5-9-16(14)19-11-15(17)18/h4-5,8-9,11-13H,2-3,6-7,10,18H2,1H3,(H,19,20). The third kappa shape index (κ3) is 2.58. The summed E-state index contributed by atoms with van der Waals surface area (Å²) < 4.78 is 0. The Kier molecular flexibility index (Phi) is 3.77. The van der Waals surface area contributed by atoms with Crippen LogP contribution in [0, 0.1) is 11.8 Å². The molecule has 106 valence electrons. The molecule has 1 aliphatic carbocycles. The highest BCUT2D eigenvalue weighted by Gasteiger charge is 2.21. The van der Waals surface area contributed by atoms with Crippen LogP contribution >= 0.6 is 0 Å². The van der Waals surface area contributed by atoms with E-state index in [1.807, 2.05) is 18.2 Å². The predicted octanol–water partition coefficient (Wildman–Crippen LogP) is 4.06. The first kappa shape index (κ1) is 13.2. The molecule has 1 aromatic carbocycles. The van der Waals surface area contributed by atoms with Crippen LogP contribution in [0.1, 0.15) is 32.6 Å². The summed E-state index contributed by atoms with van der Waals surface area (Å²) in [6.07, 6.45) is 7.20. The summed E-state index contributed by atoms with van der Waals surface area (Å²) in [6.45, 7) is 3.39. The molecule has 2 unspecified atom stereocenters. The Balaban J connectivity index is 1.81. The maximum absolute atomic E-state index is 6.11. The molecule has 1 aliphatic rings. The topological polar surface area (TPSA) is 50.9 Å². The number of hydrogen-bond donors (Lipinski definition) is 2. The van der Waals surface area contributed by atoms with Gasteiger partial charge in [-0.1, -0.05) is 44.4 Å². The molecule has 20 heavy (non-hydrogen) atoms. The fraction of sp³-hybridized carbons (Fsp3) is 0.471. The smallest absolute Gasteiger partial charge is 0.0743 e. The van der Waals surface area contributed by atoms with Crippen LogP contribution in [0.25, 0.3) is 10.9 Å². The monoisotopic (exact) mass is 269 g/mol. The summed E-state index contributed by atoms with van der Waals surface area (Å²) in [5, 5.41) is 4.71. The number of rotatable bonds is 3. The van der Waals surface area contributed by atoms with Gasteiger partial charge < -0.3 is 11.1 Å². The minimum atomic E-state index is 0.743. The van der Waals surface area contributed by atoms with Gasteiger partial charge in [-0.05, 0) is 24.3 Å². The molecular formula is C17H23N3. The molecule has 3 rings (SSSR count). The Bertz CT molecular complexity index is 594. The minimum absolute atomic E-state index is 0.743. The van der Waals surface area contributed by atoms with Crippen molar-refractivity contribution in [2.24, 2.45) is 11.8 Å². The number of nitrogens with zero attached hydrogens (tertiary/aromatic N) is 1. The molecule has 0 bridgehead atoms. The number of nitrogen functional groups attached to an aromatic ring is 1. The Morgan fingerprint density at radius 1 is 1.25 bits per heavy atom. The van der Waals surface area contributed by atoms with Crippen molar-refractivity contribution in [2.45, 2.75) is 32.6 Å². The Morgan fingerprint density at radius 2 is 2.05 bits per heavy atom. The number of aromatic nitrogens is 1. The molecular weight excluding hydrogens is 246 g/mol. The molecule has 3 nitrogen and oxygen atoms in total. The lowest BCUT2D eigenvalue weighted by atomic mass is 9.80. The van der Waals surface area contributed by atoms with Gasteiger partial charge in [0, 0.05) is 11.9 Å². The van der Waals surface area contributed by atoms with Gasteiger partial charge in [0.15, 0.2) is 0 Å². The molecule has 1 heterocycles. The van der Waals surface area contributed by atoms with Crippen LogP contribution in [-0.2, 0) is 0 Å². The molecule has 0 amide bonds. The highest BCUT2D eigenvalue weighted by molar-refractivity contribution is 5.96.